The second kappa shape index (κ2) is 4.08. The first kappa shape index (κ1) is 11.2. The molecule has 94 valence electrons. The number of imide groups is 1. The maximum Gasteiger partial charge on any atom is 0.332 e. The van der Waals surface area contributed by atoms with Crippen LogP contribution in [0, 0.1) is 5.92 Å². The van der Waals surface area contributed by atoms with Gasteiger partial charge in [0.25, 0.3) is 5.91 Å². The molecular formula is C13H15N3O2. The predicted octanol–water partition coefficient (Wildman–Crippen LogP) is 1.65. The lowest BCUT2D eigenvalue weighted by atomic mass is 9.93. The van der Waals surface area contributed by atoms with Crippen LogP contribution in [-0.2, 0) is 4.79 Å². The van der Waals surface area contributed by atoms with E-state index < -0.39 is 0 Å². The number of hydrogen-bond donors (Lipinski definition) is 0. The molecule has 2 fully saturated rings. The van der Waals surface area contributed by atoms with E-state index in [4.69, 9.17) is 0 Å². The summed E-state index contributed by atoms with van der Waals surface area (Å²) in [5.41, 5.74) is 0.564. The highest BCUT2D eigenvalue weighted by Gasteiger charge is 2.47. The van der Waals surface area contributed by atoms with Crippen LogP contribution in [0.15, 0.2) is 24.5 Å². The highest BCUT2D eigenvalue weighted by atomic mass is 16.2. The molecule has 0 saturated carbocycles. The number of urea groups is 1. The number of aromatic nitrogens is 1. The zero-order valence-electron chi connectivity index (χ0n) is 10.2. The molecule has 0 unspecified atom stereocenters. The quantitative estimate of drug-likeness (QED) is 0.707. The van der Waals surface area contributed by atoms with Gasteiger partial charge in [-0.15, -0.1) is 0 Å². The molecule has 0 bridgehead atoms. The van der Waals surface area contributed by atoms with Gasteiger partial charge in [0.05, 0.1) is 11.9 Å². The van der Waals surface area contributed by atoms with Gasteiger partial charge >= 0.3 is 6.03 Å². The van der Waals surface area contributed by atoms with Gasteiger partial charge in [0.1, 0.15) is 6.04 Å². The number of carbonyl (C=O) groups is 2. The van der Waals surface area contributed by atoms with Gasteiger partial charge in [-0.1, -0.05) is 6.92 Å². The largest absolute Gasteiger partial charge is 0.332 e. The number of piperidine rings is 1. The van der Waals surface area contributed by atoms with E-state index in [1.54, 1.807) is 29.4 Å². The Hall–Kier alpha value is -1.91. The minimum Gasteiger partial charge on any atom is -0.312 e. The molecular weight excluding hydrogens is 230 g/mol. The van der Waals surface area contributed by atoms with Gasteiger partial charge in [0, 0.05) is 12.7 Å². The number of pyridine rings is 1. The van der Waals surface area contributed by atoms with Crippen LogP contribution in [0.2, 0.25) is 0 Å². The second-order valence-corrected chi connectivity index (χ2v) is 5.01. The van der Waals surface area contributed by atoms with Gasteiger partial charge in [-0.25, -0.2) is 9.69 Å². The number of amides is 3. The van der Waals surface area contributed by atoms with Gasteiger partial charge in [-0.3, -0.25) is 9.78 Å². The fourth-order valence-electron chi connectivity index (χ4n) is 2.70. The van der Waals surface area contributed by atoms with Gasteiger partial charge < -0.3 is 4.90 Å². The zero-order valence-corrected chi connectivity index (χ0v) is 10.2. The van der Waals surface area contributed by atoms with Gasteiger partial charge in [-0.2, -0.15) is 0 Å². The number of nitrogens with zero attached hydrogens (tertiary/aromatic N) is 3. The summed E-state index contributed by atoms with van der Waals surface area (Å²) >= 11 is 0. The summed E-state index contributed by atoms with van der Waals surface area (Å²) in [6.07, 6.45) is 4.92. The first-order valence-corrected chi connectivity index (χ1v) is 6.23. The van der Waals surface area contributed by atoms with E-state index in [2.05, 4.69) is 11.9 Å². The smallest absolute Gasteiger partial charge is 0.312 e. The number of hydrogen-bond acceptors (Lipinski definition) is 3. The molecule has 5 heteroatoms. The summed E-state index contributed by atoms with van der Waals surface area (Å²) in [6, 6.07) is 2.99. The van der Waals surface area contributed by atoms with Crippen molar-refractivity contribution in [2.24, 2.45) is 5.92 Å². The molecule has 5 nitrogen and oxygen atoms in total. The Balaban J connectivity index is 1.94. The Labute approximate surface area is 105 Å². The van der Waals surface area contributed by atoms with Crippen LogP contribution in [0.1, 0.15) is 19.8 Å². The normalized spacial score (nSPS) is 27.6. The lowest BCUT2D eigenvalue weighted by Crippen LogP contribution is -2.41. The monoisotopic (exact) mass is 245 g/mol. The van der Waals surface area contributed by atoms with Crippen molar-refractivity contribution in [3.8, 4) is 0 Å². The third kappa shape index (κ3) is 1.58. The van der Waals surface area contributed by atoms with Gasteiger partial charge in [-0.05, 0) is 30.9 Å². The maximum atomic E-state index is 12.3. The van der Waals surface area contributed by atoms with Crippen LogP contribution in [0.5, 0.6) is 0 Å². The third-order valence-electron chi connectivity index (χ3n) is 3.71. The fourth-order valence-corrected chi connectivity index (χ4v) is 2.70. The minimum absolute atomic E-state index is 0.112. The van der Waals surface area contributed by atoms with Crippen LogP contribution in [0.25, 0.3) is 0 Å². The number of anilines is 1. The van der Waals surface area contributed by atoms with Gasteiger partial charge in [0.2, 0.25) is 0 Å². The molecule has 0 radical (unpaired) electrons. The highest BCUT2D eigenvalue weighted by molar-refractivity contribution is 6.21. The fraction of sp³-hybridized carbons (Fsp3) is 0.462. The molecule has 3 amide bonds. The number of rotatable bonds is 1. The number of fused-ring (bicyclic) bond motifs is 1. The van der Waals surface area contributed by atoms with E-state index >= 15 is 0 Å². The Bertz CT molecular complexity index is 488. The van der Waals surface area contributed by atoms with Gasteiger partial charge in [0.15, 0.2) is 0 Å². The molecule has 0 aliphatic carbocycles. The zero-order chi connectivity index (χ0) is 12.7. The predicted molar refractivity (Wildman–Crippen MR) is 66.0 cm³/mol. The highest BCUT2D eigenvalue weighted by Crippen LogP contribution is 2.32. The number of carbonyl (C=O) groups excluding carboxylic acids is 2. The molecule has 18 heavy (non-hydrogen) atoms. The van der Waals surface area contributed by atoms with Crippen molar-refractivity contribution < 1.29 is 9.59 Å². The molecule has 1 aromatic heterocycles. The molecule has 3 heterocycles. The van der Waals surface area contributed by atoms with Crippen LogP contribution in [-0.4, -0.2) is 34.4 Å². The Morgan fingerprint density at radius 1 is 1.39 bits per heavy atom. The van der Waals surface area contributed by atoms with Crippen molar-refractivity contribution in [1.29, 1.82) is 0 Å². The summed E-state index contributed by atoms with van der Waals surface area (Å²) in [4.78, 5) is 31.5. The SMILES string of the molecule is C[C@@H]1CCN2C(=O)N(c3cccnc3)C(=O)[C@@H]2C1. The van der Waals surface area contributed by atoms with Crippen LogP contribution in [0.4, 0.5) is 10.5 Å². The van der Waals surface area contributed by atoms with Crippen molar-refractivity contribution in [1.82, 2.24) is 9.88 Å². The average Bonchev–Trinajstić information content (AvgIpc) is 2.63. The molecule has 2 saturated heterocycles. The summed E-state index contributed by atoms with van der Waals surface area (Å²) < 4.78 is 0. The standard InChI is InChI=1S/C13H15N3O2/c1-9-4-6-15-11(7-9)12(17)16(13(15)18)10-3-2-5-14-8-10/h2-3,5,8-9,11H,4,6-7H2,1H3/t9-,11+/m1/s1. The van der Waals surface area contributed by atoms with E-state index in [0.717, 1.165) is 12.8 Å². The van der Waals surface area contributed by atoms with Crippen LogP contribution >= 0.6 is 0 Å². The van der Waals surface area contributed by atoms with E-state index in [1.165, 1.54) is 4.90 Å². The average molecular weight is 245 g/mol. The van der Waals surface area contributed by atoms with Crippen molar-refractivity contribution in [2.75, 3.05) is 11.4 Å². The lowest BCUT2D eigenvalue weighted by molar-refractivity contribution is -0.120. The topological polar surface area (TPSA) is 53.5 Å². The van der Waals surface area contributed by atoms with E-state index in [0.29, 0.717) is 18.2 Å². The Morgan fingerprint density at radius 3 is 2.94 bits per heavy atom. The molecule has 0 N–H and O–H groups in total. The third-order valence-corrected chi connectivity index (χ3v) is 3.71. The molecule has 3 rings (SSSR count). The molecule has 0 spiro atoms. The summed E-state index contributed by atoms with van der Waals surface area (Å²) in [6.45, 7) is 2.80. The second-order valence-electron chi connectivity index (χ2n) is 5.01. The van der Waals surface area contributed by atoms with Crippen LogP contribution < -0.4 is 4.90 Å². The summed E-state index contributed by atoms with van der Waals surface area (Å²) in [7, 11) is 0. The van der Waals surface area contributed by atoms with Crippen molar-refractivity contribution in [2.45, 2.75) is 25.8 Å². The molecule has 0 aromatic carbocycles. The van der Waals surface area contributed by atoms with E-state index in [9.17, 15) is 9.59 Å². The molecule has 2 atom stereocenters. The summed E-state index contributed by atoms with van der Waals surface area (Å²) in [5, 5.41) is 0. The molecule has 2 aliphatic heterocycles. The Morgan fingerprint density at radius 2 is 2.22 bits per heavy atom. The molecule has 1 aromatic rings. The van der Waals surface area contributed by atoms with Crippen LogP contribution in [0.3, 0.4) is 0 Å². The van der Waals surface area contributed by atoms with Crippen molar-refractivity contribution in [3.05, 3.63) is 24.5 Å². The minimum atomic E-state index is -0.276. The molecule has 2 aliphatic rings. The van der Waals surface area contributed by atoms with Crippen molar-refractivity contribution >= 4 is 17.6 Å². The Kier molecular flexibility index (Phi) is 2.54. The summed E-state index contributed by atoms with van der Waals surface area (Å²) in [5.74, 6) is 0.386. The van der Waals surface area contributed by atoms with E-state index in [-0.39, 0.29) is 18.0 Å². The lowest BCUT2D eigenvalue weighted by Gasteiger charge is -2.30. The van der Waals surface area contributed by atoms with Crippen molar-refractivity contribution in [3.63, 3.8) is 0 Å². The first-order valence-electron chi connectivity index (χ1n) is 6.23. The van der Waals surface area contributed by atoms with E-state index in [1.807, 2.05) is 0 Å². The first-order chi connectivity index (χ1) is 8.68. The maximum absolute atomic E-state index is 12.3.